The maximum atomic E-state index is 13.7. The summed E-state index contributed by atoms with van der Waals surface area (Å²) < 4.78 is 10.7. The molecule has 0 aromatic heterocycles. The maximum Gasteiger partial charge on any atom is 0.317 e. The molecule has 0 fully saturated rings. The van der Waals surface area contributed by atoms with Crippen molar-refractivity contribution in [3.63, 3.8) is 0 Å². The SMILES string of the molecule is CCCC[C@H](NC(=O)[C@H](CCCCNC(O)CN(CC(=O)O)CC(O)O)NC(=O)[C@H](CO)NC(=O)[C@H](CCC(N)=O)NC(=O)[C@H](CO)NC(=O)CNC(=O)COCCOCCNC(=O)CCCCCCCCCCCCCCCC1=NNNN1)C(=O)NC. The van der Waals surface area contributed by atoms with Gasteiger partial charge in [-0.3, -0.25) is 63.6 Å². The van der Waals surface area contributed by atoms with Gasteiger partial charge in [0.1, 0.15) is 48.9 Å². The van der Waals surface area contributed by atoms with Crippen molar-refractivity contribution in [1.82, 2.24) is 69.2 Å². The van der Waals surface area contributed by atoms with Crippen molar-refractivity contribution in [1.29, 1.82) is 0 Å². The average Bonchev–Trinajstić information content (AvgIpc) is 4.15. The predicted molar refractivity (Wildman–Crippen MR) is 320 cm³/mol. The van der Waals surface area contributed by atoms with Crippen molar-refractivity contribution in [2.24, 2.45) is 10.8 Å². The second-order valence-corrected chi connectivity index (χ2v) is 21.3. The molecule has 0 spiro atoms. The van der Waals surface area contributed by atoms with Crippen LogP contribution >= 0.6 is 0 Å². The Morgan fingerprint density at radius 1 is 0.568 bits per heavy atom. The van der Waals surface area contributed by atoms with Crippen LogP contribution in [0.1, 0.15) is 155 Å². The van der Waals surface area contributed by atoms with Gasteiger partial charge in [0.15, 0.2) is 6.29 Å². The minimum Gasteiger partial charge on any atom is -0.480 e. The fraction of sp³-hybridized carbons (Fsp3) is 0.800. The molecule has 20 N–H and O–H groups in total. The molecule has 0 aliphatic carbocycles. The molecule has 1 aliphatic heterocycles. The van der Waals surface area contributed by atoms with Gasteiger partial charge in [-0.25, -0.2) is 5.53 Å². The van der Waals surface area contributed by atoms with Gasteiger partial charge in [-0.1, -0.05) is 90.4 Å². The number of aliphatic carboxylic acids is 1. The minimum atomic E-state index is -1.86. The lowest BCUT2D eigenvalue weighted by atomic mass is 10.0. The van der Waals surface area contributed by atoms with Crippen LogP contribution in [0.2, 0.25) is 0 Å². The van der Waals surface area contributed by atoms with Gasteiger partial charge in [0, 0.05) is 45.9 Å². The van der Waals surface area contributed by atoms with E-state index < -0.39 is 148 Å². The van der Waals surface area contributed by atoms with E-state index in [1.165, 1.54) is 64.8 Å². The Labute approximate surface area is 515 Å². The van der Waals surface area contributed by atoms with Crippen LogP contribution in [0.4, 0.5) is 0 Å². The standard InChI is InChI=1S/C55H103N15O18/c1-3-4-20-38(51(82)57-2)62-52(83)39(21-18-19-26-58-47(76)32-70(33-49(78)79)34-50(80)81)63-55(86)42(36-72)65-53(84)40(24-25-43(56)73)64-54(85)41(35-71)61-46(75)31-60-48(77)37-88-30-29-87-28-27-59-45(74)23-17-15-13-11-9-7-5-6-8-10-12-14-16-22-44-66-68-69-67-44/h38-42,47,49,58,68-69,71-72,76,78-79H,3-37H2,1-2H3,(H2,56,73)(H,57,82)(H,59,74)(H,60,77)(H,61,75)(H,62,83)(H,63,86)(H,64,85)(H,65,84)(H,66,67)(H,80,81)/t38-,39-,40-,41-,42-,47?/m0/s1. The van der Waals surface area contributed by atoms with E-state index in [4.69, 9.17) is 20.3 Å². The summed E-state index contributed by atoms with van der Waals surface area (Å²) in [5, 5.41) is 84.5. The van der Waals surface area contributed by atoms with Crippen LogP contribution in [0.5, 0.6) is 0 Å². The Hall–Kier alpha value is -6.43. The first-order valence-electron chi connectivity index (χ1n) is 30.7. The van der Waals surface area contributed by atoms with Gasteiger partial charge in [-0.05, 0) is 51.5 Å². The van der Waals surface area contributed by atoms with Gasteiger partial charge in [0.2, 0.25) is 53.2 Å². The molecule has 88 heavy (non-hydrogen) atoms. The van der Waals surface area contributed by atoms with E-state index in [0.717, 1.165) is 42.8 Å². The molecule has 0 saturated heterocycles. The number of hydrogen-bond acceptors (Lipinski definition) is 23. The highest BCUT2D eigenvalue weighted by atomic mass is 16.5. The number of hydrogen-bond donors (Lipinski definition) is 19. The van der Waals surface area contributed by atoms with Crippen LogP contribution in [-0.4, -0.2) is 229 Å². The second kappa shape index (κ2) is 50.4. The zero-order valence-electron chi connectivity index (χ0n) is 51.3. The Bertz CT molecular complexity index is 2080. The summed E-state index contributed by atoms with van der Waals surface area (Å²) in [5.41, 5.74) is 13.7. The number of unbranched alkanes of at least 4 members (excludes halogenated alkanes) is 14. The first-order chi connectivity index (χ1) is 42.2. The number of nitrogens with two attached hydrogens (primary N) is 1. The molecule has 1 heterocycles. The van der Waals surface area contributed by atoms with Gasteiger partial charge in [0.05, 0.1) is 46.1 Å². The second-order valence-electron chi connectivity index (χ2n) is 21.3. The summed E-state index contributed by atoms with van der Waals surface area (Å²) in [7, 11) is 1.38. The number of aliphatic hydroxyl groups excluding tert-OH is 4. The number of primary amides is 1. The number of aliphatic hydroxyl groups is 5. The van der Waals surface area contributed by atoms with Gasteiger partial charge in [-0.15, -0.1) is 10.6 Å². The van der Waals surface area contributed by atoms with E-state index in [-0.39, 0.29) is 64.5 Å². The van der Waals surface area contributed by atoms with Crippen LogP contribution < -0.4 is 70.1 Å². The van der Waals surface area contributed by atoms with E-state index in [2.05, 4.69) is 69.4 Å². The molecule has 6 atom stereocenters. The molecule has 1 aliphatic rings. The smallest absolute Gasteiger partial charge is 0.317 e. The number of nitrogens with zero attached hydrogens (tertiary/aromatic N) is 2. The number of ether oxygens (including phenoxy) is 2. The summed E-state index contributed by atoms with van der Waals surface area (Å²) in [6.45, 7) is -1.84. The van der Waals surface area contributed by atoms with Gasteiger partial charge in [-0.2, -0.15) is 0 Å². The molecule has 0 aromatic carbocycles. The lowest BCUT2D eigenvalue weighted by molar-refractivity contribution is -0.140. The Morgan fingerprint density at radius 3 is 1.65 bits per heavy atom. The minimum absolute atomic E-state index is 0.0217. The lowest BCUT2D eigenvalue weighted by Gasteiger charge is -2.26. The molecular formula is C55H103N15O18. The number of likely N-dealkylation sites (N-methyl/N-ethyl adjacent to an activating group) is 1. The van der Waals surface area contributed by atoms with Crippen LogP contribution in [0.25, 0.3) is 0 Å². The van der Waals surface area contributed by atoms with Gasteiger partial charge < -0.3 is 88.4 Å². The average molecular weight is 1260 g/mol. The third kappa shape index (κ3) is 40.9. The molecule has 0 bridgehead atoms. The van der Waals surface area contributed by atoms with Crippen molar-refractivity contribution >= 4 is 65.0 Å². The number of carboxylic acid groups (broad SMARTS) is 1. The number of hydrazine groups is 2. The van der Waals surface area contributed by atoms with Gasteiger partial charge in [0.25, 0.3) is 0 Å². The van der Waals surface area contributed by atoms with Crippen molar-refractivity contribution in [2.75, 3.05) is 86.0 Å². The fourth-order valence-electron chi connectivity index (χ4n) is 8.91. The fourth-order valence-corrected chi connectivity index (χ4v) is 8.91. The normalized spacial score (nSPS) is 14.0. The number of carbonyl (C=O) groups excluding carboxylic acids is 9. The number of amidine groups is 1. The Balaban J connectivity index is 2.57. The van der Waals surface area contributed by atoms with Crippen LogP contribution in [-0.2, 0) is 57.4 Å². The third-order valence-corrected chi connectivity index (χ3v) is 13.7. The molecule has 0 radical (unpaired) electrons. The summed E-state index contributed by atoms with van der Waals surface area (Å²) in [6, 6.07) is -7.52. The molecule has 33 nitrogen and oxygen atoms in total. The van der Waals surface area contributed by atoms with Crippen molar-refractivity contribution in [2.45, 2.75) is 197 Å². The lowest BCUT2D eigenvalue weighted by Crippen LogP contribution is -2.60. The van der Waals surface area contributed by atoms with Crippen molar-refractivity contribution in [3.8, 4) is 0 Å². The predicted octanol–water partition coefficient (Wildman–Crippen LogP) is -4.58. The van der Waals surface area contributed by atoms with Crippen LogP contribution in [0.3, 0.4) is 0 Å². The number of nitrogens with one attached hydrogen (secondary N) is 12. The summed E-state index contributed by atoms with van der Waals surface area (Å²) in [4.78, 5) is 128. The number of rotatable bonds is 56. The molecule has 1 unspecified atom stereocenters. The Kier molecular flexibility index (Phi) is 45.6. The molecular weight excluding hydrogens is 1160 g/mol. The van der Waals surface area contributed by atoms with Crippen molar-refractivity contribution in [3.05, 3.63) is 0 Å². The quantitative estimate of drug-likeness (QED) is 0.0201. The number of carbonyl (C=O) groups is 10. The first kappa shape index (κ1) is 79.6. The van der Waals surface area contributed by atoms with E-state index >= 15 is 0 Å². The summed E-state index contributed by atoms with van der Waals surface area (Å²) in [6.07, 6.45) is 14.4. The van der Waals surface area contributed by atoms with Crippen molar-refractivity contribution < 1.29 is 88.1 Å². The number of carboxylic acids is 1. The highest BCUT2D eigenvalue weighted by Crippen LogP contribution is 2.14. The van der Waals surface area contributed by atoms with E-state index in [1.807, 2.05) is 6.92 Å². The largest absolute Gasteiger partial charge is 0.480 e. The summed E-state index contributed by atoms with van der Waals surface area (Å²) in [5.74, 6) is -7.55. The molecule has 506 valence electrons. The van der Waals surface area contributed by atoms with Crippen LogP contribution in [0.15, 0.2) is 5.10 Å². The summed E-state index contributed by atoms with van der Waals surface area (Å²) >= 11 is 0. The topological polar surface area (TPSA) is 497 Å². The Morgan fingerprint density at radius 2 is 1.10 bits per heavy atom. The molecule has 33 heteroatoms. The highest BCUT2D eigenvalue weighted by molar-refractivity contribution is 5.97. The third-order valence-electron chi connectivity index (χ3n) is 13.7. The number of hydrazone groups is 1. The van der Waals surface area contributed by atoms with Gasteiger partial charge >= 0.3 is 5.97 Å². The molecule has 0 saturated carbocycles. The van der Waals surface area contributed by atoms with Crippen LogP contribution in [0, 0.1) is 0 Å². The molecule has 1 rings (SSSR count). The molecule has 9 amide bonds. The zero-order chi connectivity index (χ0) is 65.3. The highest BCUT2D eigenvalue weighted by Gasteiger charge is 2.33. The van der Waals surface area contributed by atoms with E-state index in [9.17, 15) is 73.5 Å². The zero-order valence-corrected chi connectivity index (χ0v) is 51.3. The van der Waals surface area contributed by atoms with E-state index in [0.29, 0.717) is 25.8 Å². The maximum absolute atomic E-state index is 13.7. The number of amides is 9. The van der Waals surface area contributed by atoms with E-state index in [1.54, 1.807) is 0 Å². The monoisotopic (exact) mass is 1260 g/mol. The first-order valence-corrected chi connectivity index (χ1v) is 30.7. The molecule has 0 aromatic rings.